The number of nitrogens with zero attached hydrogens (tertiary/aromatic N) is 1. The third kappa shape index (κ3) is 2.98. The predicted octanol–water partition coefficient (Wildman–Crippen LogP) is 4.11. The summed E-state index contributed by atoms with van der Waals surface area (Å²) in [6, 6.07) is 16.5. The molecule has 4 nitrogen and oxygen atoms in total. The Labute approximate surface area is 172 Å². The highest BCUT2D eigenvalue weighted by Gasteiger charge is 2.42. The molecule has 1 unspecified atom stereocenters. The topological polar surface area (TPSA) is 62.1 Å². The van der Waals surface area contributed by atoms with Crippen molar-refractivity contribution in [1.29, 1.82) is 0 Å². The van der Waals surface area contributed by atoms with E-state index in [1.165, 1.54) is 24.0 Å². The Morgan fingerprint density at radius 3 is 2.62 bits per heavy atom. The standard InChI is InChI=1S/C25H29N3O/c1-17(20-16-27-22-9-5-3-7-19(20)22)23(26)24(29)28-14-12-25(13-15-28)11-10-18-6-2-4-8-21(18)25/h2-9,16-17,23,27H,10-15,26H2,1H3/t17-,23?/m1/s1. The number of benzene rings is 2. The first-order chi connectivity index (χ1) is 14.1. The average Bonchev–Trinajstić information content (AvgIpc) is 3.35. The second-order valence-corrected chi connectivity index (χ2v) is 8.87. The maximum Gasteiger partial charge on any atom is 0.240 e. The summed E-state index contributed by atoms with van der Waals surface area (Å²) >= 11 is 0. The van der Waals surface area contributed by atoms with Crippen LogP contribution in [0.5, 0.6) is 0 Å². The summed E-state index contributed by atoms with van der Waals surface area (Å²) in [6.07, 6.45) is 6.48. The van der Waals surface area contributed by atoms with Crippen LogP contribution < -0.4 is 5.73 Å². The van der Waals surface area contributed by atoms with E-state index in [1.54, 1.807) is 0 Å². The molecule has 2 atom stereocenters. The van der Waals surface area contributed by atoms with E-state index in [2.05, 4.69) is 48.3 Å². The number of fused-ring (bicyclic) bond motifs is 3. The fraction of sp³-hybridized carbons (Fsp3) is 0.400. The van der Waals surface area contributed by atoms with Gasteiger partial charge < -0.3 is 15.6 Å². The van der Waals surface area contributed by atoms with Crippen LogP contribution in [0.4, 0.5) is 0 Å². The minimum atomic E-state index is -0.515. The van der Waals surface area contributed by atoms with E-state index < -0.39 is 6.04 Å². The van der Waals surface area contributed by atoms with Crippen LogP contribution in [0.25, 0.3) is 10.9 Å². The molecule has 1 fully saturated rings. The highest BCUT2D eigenvalue weighted by Crippen LogP contribution is 2.46. The number of nitrogens with one attached hydrogen (secondary N) is 1. The largest absolute Gasteiger partial charge is 0.361 e. The normalized spacial score (nSPS) is 20.0. The van der Waals surface area contributed by atoms with Gasteiger partial charge >= 0.3 is 0 Å². The zero-order chi connectivity index (χ0) is 20.0. The Hall–Kier alpha value is -2.59. The van der Waals surface area contributed by atoms with E-state index in [1.807, 2.05) is 23.2 Å². The van der Waals surface area contributed by atoms with Gasteiger partial charge in [0, 0.05) is 36.1 Å². The van der Waals surface area contributed by atoms with Crippen molar-refractivity contribution < 1.29 is 4.79 Å². The van der Waals surface area contributed by atoms with Gasteiger partial charge in [0.2, 0.25) is 5.91 Å². The fourth-order valence-corrected chi connectivity index (χ4v) is 5.53. The molecule has 2 heterocycles. The van der Waals surface area contributed by atoms with E-state index in [0.29, 0.717) is 0 Å². The Kier molecular flexibility index (Phi) is 4.47. The molecule has 0 bridgehead atoms. The van der Waals surface area contributed by atoms with Crippen LogP contribution in [0.3, 0.4) is 0 Å². The van der Waals surface area contributed by atoms with Crippen molar-refractivity contribution >= 4 is 16.8 Å². The van der Waals surface area contributed by atoms with Gasteiger partial charge in [0.15, 0.2) is 0 Å². The molecular formula is C25H29N3O. The molecule has 3 aromatic rings. The molecule has 2 aromatic carbocycles. The third-order valence-electron chi connectivity index (χ3n) is 7.43. The van der Waals surface area contributed by atoms with Gasteiger partial charge in [0.05, 0.1) is 6.04 Å². The van der Waals surface area contributed by atoms with Crippen molar-refractivity contribution in [3.05, 3.63) is 71.4 Å². The first-order valence-electron chi connectivity index (χ1n) is 10.8. The minimum absolute atomic E-state index is 0.0262. The molecule has 1 amide bonds. The molecule has 1 aromatic heterocycles. The molecule has 29 heavy (non-hydrogen) atoms. The zero-order valence-corrected chi connectivity index (χ0v) is 17.0. The smallest absolute Gasteiger partial charge is 0.240 e. The maximum absolute atomic E-state index is 13.2. The number of aryl methyl sites for hydroxylation is 1. The lowest BCUT2D eigenvalue weighted by Crippen LogP contribution is -2.51. The van der Waals surface area contributed by atoms with Crippen molar-refractivity contribution in [2.24, 2.45) is 5.73 Å². The van der Waals surface area contributed by atoms with E-state index in [4.69, 9.17) is 5.73 Å². The van der Waals surface area contributed by atoms with Gasteiger partial charge in [-0.15, -0.1) is 0 Å². The first kappa shape index (κ1) is 18.4. The fourth-order valence-electron chi connectivity index (χ4n) is 5.53. The number of carbonyl (C=O) groups is 1. The van der Waals surface area contributed by atoms with Gasteiger partial charge in [0.1, 0.15) is 0 Å². The second kappa shape index (κ2) is 7.03. The van der Waals surface area contributed by atoms with Crippen LogP contribution in [-0.2, 0) is 16.6 Å². The summed E-state index contributed by atoms with van der Waals surface area (Å²) in [5, 5.41) is 1.16. The minimum Gasteiger partial charge on any atom is -0.361 e. The summed E-state index contributed by atoms with van der Waals surface area (Å²) in [5.74, 6) is 0.0608. The number of piperidine rings is 1. The number of hydrogen-bond donors (Lipinski definition) is 2. The van der Waals surface area contributed by atoms with Gasteiger partial charge in [-0.1, -0.05) is 49.4 Å². The third-order valence-corrected chi connectivity index (χ3v) is 7.43. The first-order valence-corrected chi connectivity index (χ1v) is 10.8. The molecule has 150 valence electrons. The molecule has 5 rings (SSSR count). The van der Waals surface area contributed by atoms with Crippen LogP contribution in [-0.4, -0.2) is 34.9 Å². The predicted molar refractivity (Wildman–Crippen MR) is 117 cm³/mol. The van der Waals surface area contributed by atoms with E-state index in [0.717, 1.165) is 42.4 Å². The lowest BCUT2D eigenvalue weighted by Gasteiger charge is -2.41. The van der Waals surface area contributed by atoms with Gasteiger partial charge in [-0.25, -0.2) is 0 Å². The number of amides is 1. The summed E-state index contributed by atoms with van der Waals surface area (Å²) in [7, 11) is 0. The molecule has 4 heteroatoms. The van der Waals surface area contributed by atoms with E-state index in [-0.39, 0.29) is 17.2 Å². The van der Waals surface area contributed by atoms with Crippen molar-refractivity contribution in [1.82, 2.24) is 9.88 Å². The van der Waals surface area contributed by atoms with Gasteiger partial charge in [-0.05, 0) is 53.9 Å². The summed E-state index contributed by atoms with van der Waals surface area (Å²) in [5.41, 5.74) is 12.0. The van der Waals surface area contributed by atoms with Crippen molar-refractivity contribution in [2.75, 3.05) is 13.1 Å². The number of carbonyl (C=O) groups excluding carboxylic acids is 1. The number of H-pyrrole nitrogens is 1. The molecule has 1 aliphatic heterocycles. The Morgan fingerprint density at radius 1 is 1.07 bits per heavy atom. The van der Waals surface area contributed by atoms with Crippen LogP contribution >= 0.6 is 0 Å². The summed E-state index contributed by atoms with van der Waals surface area (Å²) in [4.78, 5) is 18.5. The molecule has 1 spiro atoms. The maximum atomic E-state index is 13.2. The van der Waals surface area contributed by atoms with Crippen LogP contribution in [0.2, 0.25) is 0 Å². The second-order valence-electron chi connectivity index (χ2n) is 8.87. The molecule has 3 N–H and O–H groups in total. The van der Waals surface area contributed by atoms with Crippen molar-refractivity contribution in [3.8, 4) is 0 Å². The van der Waals surface area contributed by atoms with Gasteiger partial charge in [-0.2, -0.15) is 0 Å². The Balaban J connectivity index is 1.29. The van der Waals surface area contributed by atoms with Crippen LogP contribution in [0.1, 0.15) is 48.8 Å². The Bertz CT molecular complexity index is 1040. The number of aromatic nitrogens is 1. The highest BCUT2D eigenvalue weighted by molar-refractivity contribution is 5.87. The number of nitrogens with two attached hydrogens (primary N) is 1. The Morgan fingerprint density at radius 2 is 1.79 bits per heavy atom. The van der Waals surface area contributed by atoms with E-state index in [9.17, 15) is 4.79 Å². The quantitative estimate of drug-likeness (QED) is 0.711. The number of likely N-dealkylation sites (tertiary alicyclic amines) is 1. The van der Waals surface area contributed by atoms with Crippen molar-refractivity contribution in [3.63, 3.8) is 0 Å². The molecule has 2 aliphatic rings. The summed E-state index contributed by atoms with van der Waals surface area (Å²) < 4.78 is 0. The SMILES string of the molecule is C[C@H](c1c[nH]c2ccccc12)C(N)C(=O)N1CCC2(CCc3ccccc32)CC1. The molecular weight excluding hydrogens is 358 g/mol. The lowest BCUT2D eigenvalue weighted by atomic mass is 9.73. The van der Waals surface area contributed by atoms with Crippen LogP contribution in [0, 0.1) is 0 Å². The summed E-state index contributed by atoms with van der Waals surface area (Å²) in [6.45, 7) is 3.68. The number of rotatable bonds is 3. The average molecular weight is 388 g/mol. The number of aromatic amines is 1. The lowest BCUT2D eigenvalue weighted by molar-refractivity contribution is -0.134. The molecule has 0 radical (unpaired) electrons. The van der Waals surface area contributed by atoms with Crippen LogP contribution in [0.15, 0.2) is 54.7 Å². The highest BCUT2D eigenvalue weighted by atomic mass is 16.2. The molecule has 0 saturated carbocycles. The number of para-hydroxylation sites is 1. The molecule has 1 aliphatic carbocycles. The number of hydrogen-bond acceptors (Lipinski definition) is 2. The van der Waals surface area contributed by atoms with E-state index >= 15 is 0 Å². The van der Waals surface area contributed by atoms with Gasteiger partial charge in [0.25, 0.3) is 0 Å². The molecule has 1 saturated heterocycles. The zero-order valence-electron chi connectivity index (χ0n) is 17.0. The monoisotopic (exact) mass is 387 g/mol. The van der Waals surface area contributed by atoms with Gasteiger partial charge in [-0.3, -0.25) is 4.79 Å². The van der Waals surface area contributed by atoms with Crippen molar-refractivity contribution in [2.45, 2.75) is 50.0 Å².